The molecule has 28 heavy (non-hydrogen) atoms. The van der Waals surface area contributed by atoms with Gasteiger partial charge in [-0.2, -0.15) is 5.10 Å². The number of aryl methyl sites for hydroxylation is 2. The van der Waals surface area contributed by atoms with Crippen molar-refractivity contribution in [3.8, 4) is 11.3 Å². The quantitative estimate of drug-likeness (QED) is 0.552. The monoisotopic (exact) mass is 389 g/mol. The molecule has 0 aliphatic heterocycles. The SMILES string of the molecule is Cc1ccc(-c2nn(Cc3ccccc3)cc2C(=O)Nc2nnc(C)s2)cc1. The zero-order valence-electron chi connectivity index (χ0n) is 15.6. The first-order chi connectivity index (χ1) is 13.6. The van der Waals surface area contributed by atoms with Crippen LogP contribution in [0.15, 0.2) is 60.8 Å². The lowest BCUT2D eigenvalue weighted by molar-refractivity contribution is 0.102. The van der Waals surface area contributed by atoms with E-state index in [0.717, 1.165) is 21.7 Å². The molecule has 7 heteroatoms. The summed E-state index contributed by atoms with van der Waals surface area (Å²) >= 11 is 1.34. The third kappa shape index (κ3) is 3.99. The van der Waals surface area contributed by atoms with Crippen LogP contribution in [-0.4, -0.2) is 25.9 Å². The van der Waals surface area contributed by atoms with E-state index >= 15 is 0 Å². The molecule has 4 rings (SSSR count). The first-order valence-electron chi connectivity index (χ1n) is 8.88. The number of benzene rings is 2. The van der Waals surface area contributed by atoms with Crippen LogP contribution in [0.5, 0.6) is 0 Å². The molecule has 4 aromatic rings. The van der Waals surface area contributed by atoms with Crippen LogP contribution >= 0.6 is 11.3 Å². The van der Waals surface area contributed by atoms with Crippen LogP contribution in [-0.2, 0) is 6.54 Å². The van der Waals surface area contributed by atoms with Crippen LogP contribution in [0.4, 0.5) is 5.13 Å². The summed E-state index contributed by atoms with van der Waals surface area (Å²) < 4.78 is 1.80. The fraction of sp³-hybridized carbons (Fsp3) is 0.143. The van der Waals surface area contributed by atoms with E-state index in [-0.39, 0.29) is 5.91 Å². The molecule has 0 bridgehead atoms. The van der Waals surface area contributed by atoms with Gasteiger partial charge in [0.1, 0.15) is 10.7 Å². The van der Waals surface area contributed by atoms with Crippen LogP contribution in [0.25, 0.3) is 11.3 Å². The van der Waals surface area contributed by atoms with Gasteiger partial charge in [-0.05, 0) is 19.4 Å². The van der Waals surface area contributed by atoms with Crippen molar-refractivity contribution in [2.45, 2.75) is 20.4 Å². The third-order valence-corrected chi connectivity index (χ3v) is 5.02. The number of aromatic nitrogens is 4. The molecule has 0 radical (unpaired) electrons. The maximum absolute atomic E-state index is 12.9. The number of carbonyl (C=O) groups excluding carboxylic acids is 1. The summed E-state index contributed by atoms with van der Waals surface area (Å²) in [5.41, 5.74) is 4.33. The molecule has 2 aromatic heterocycles. The molecule has 0 saturated heterocycles. The summed E-state index contributed by atoms with van der Waals surface area (Å²) in [6.45, 7) is 4.47. The maximum Gasteiger partial charge on any atom is 0.261 e. The van der Waals surface area contributed by atoms with Gasteiger partial charge in [0.15, 0.2) is 0 Å². The van der Waals surface area contributed by atoms with Crippen molar-refractivity contribution in [2.24, 2.45) is 0 Å². The molecule has 0 saturated carbocycles. The van der Waals surface area contributed by atoms with Crippen molar-refractivity contribution in [3.63, 3.8) is 0 Å². The van der Waals surface area contributed by atoms with Crippen molar-refractivity contribution in [1.82, 2.24) is 20.0 Å². The van der Waals surface area contributed by atoms with Gasteiger partial charge in [-0.3, -0.25) is 14.8 Å². The molecule has 6 nitrogen and oxygen atoms in total. The maximum atomic E-state index is 12.9. The molecule has 1 amide bonds. The average molecular weight is 389 g/mol. The Morgan fingerprint density at radius 3 is 2.46 bits per heavy atom. The van der Waals surface area contributed by atoms with E-state index in [1.807, 2.05) is 68.4 Å². The highest BCUT2D eigenvalue weighted by Crippen LogP contribution is 2.25. The second-order valence-corrected chi connectivity index (χ2v) is 7.70. The molecule has 2 heterocycles. The Labute approximate surface area is 166 Å². The minimum absolute atomic E-state index is 0.244. The number of hydrogen-bond acceptors (Lipinski definition) is 5. The lowest BCUT2D eigenvalue weighted by Crippen LogP contribution is -2.12. The van der Waals surface area contributed by atoms with Gasteiger partial charge in [-0.25, -0.2) is 0 Å². The molecule has 0 atom stereocenters. The van der Waals surface area contributed by atoms with Gasteiger partial charge in [-0.1, -0.05) is 71.5 Å². The Bertz CT molecular complexity index is 1100. The predicted octanol–water partition coefficient (Wildman–Crippen LogP) is 4.32. The van der Waals surface area contributed by atoms with Crippen LogP contribution in [0.3, 0.4) is 0 Å². The minimum atomic E-state index is -0.244. The lowest BCUT2D eigenvalue weighted by atomic mass is 10.1. The van der Waals surface area contributed by atoms with Gasteiger partial charge in [0, 0.05) is 11.8 Å². The zero-order chi connectivity index (χ0) is 19.5. The highest BCUT2D eigenvalue weighted by Gasteiger charge is 2.19. The molecule has 1 N–H and O–H groups in total. The van der Waals surface area contributed by atoms with E-state index in [2.05, 4.69) is 15.5 Å². The molecule has 2 aromatic carbocycles. The van der Waals surface area contributed by atoms with Crippen LogP contribution in [0.1, 0.15) is 26.5 Å². The van der Waals surface area contributed by atoms with Crippen molar-refractivity contribution < 1.29 is 4.79 Å². The fourth-order valence-electron chi connectivity index (χ4n) is 2.88. The Morgan fingerprint density at radius 1 is 1.04 bits per heavy atom. The Morgan fingerprint density at radius 2 is 1.79 bits per heavy atom. The average Bonchev–Trinajstić information content (AvgIpc) is 3.29. The Hall–Kier alpha value is -3.32. The highest BCUT2D eigenvalue weighted by atomic mass is 32.1. The van der Waals surface area contributed by atoms with E-state index in [1.165, 1.54) is 11.3 Å². The number of rotatable bonds is 5. The molecular formula is C21H19N5OS. The second kappa shape index (κ2) is 7.74. The minimum Gasteiger partial charge on any atom is -0.296 e. The van der Waals surface area contributed by atoms with E-state index in [1.54, 1.807) is 10.9 Å². The summed E-state index contributed by atoms with van der Waals surface area (Å²) in [7, 11) is 0. The van der Waals surface area contributed by atoms with Gasteiger partial charge in [0.05, 0.1) is 12.1 Å². The Balaban J connectivity index is 1.69. The van der Waals surface area contributed by atoms with Crippen LogP contribution in [0, 0.1) is 13.8 Å². The van der Waals surface area contributed by atoms with Crippen LogP contribution in [0.2, 0.25) is 0 Å². The first kappa shape index (κ1) is 18.1. The number of anilines is 1. The van der Waals surface area contributed by atoms with E-state index in [0.29, 0.717) is 22.9 Å². The largest absolute Gasteiger partial charge is 0.296 e. The highest BCUT2D eigenvalue weighted by molar-refractivity contribution is 7.15. The van der Waals surface area contributed by atoms with Crippen molar-refractivity contribution in [2.75, 3.05) is 5.32 Å². The molecule has 0 unspecified atom stereocenters. The van der Waals surface area contributed by atoms with E-state index in [9.17, 15) is 4.79 Å². The topological polar surface area (TPSA) is 72.7 Å². The molecule has 0 aliphatic rings. The Kier molecular flexibility index (Phi) is 4.99. The number of nitrogens with one attached hydrogen (secondary N) is 1. The molecule has 0 fully saturated rings. The van der Waals surface area contributed by atoms with Crippen molar-refractivity contribution >= 4 is 22.4 Å². The normalized spacial score (nSPS) is 10.8. The number of carbonyl (C=O) groups is 1. The summed E-state index contributed by atoms with van der Waals surface area (Å²) in [6, 6.07) is 18.0. The first-order valence-corrected chi connectivity index (χ1v) is 9.70. The van der Waals surface area contributed by atoms with Gasteiger partial charge in [-0.15, -0.1) is 10.2 Å². The number of amides is 1. The molecule has 0 aliphatic carbocycles. The van der Waals surface area contributed by atoms with Gasteiger partial charge < -0.3 is 0 Å². The number of hydrogen-bond donors (Lipinski definition) is 1. The van der Waals surface area contributed by atoms with Gasteiger partial charge >= 0.3 is 0 Å². The lowest BCUT2D eigenvalue weighted by Gasteiger charge is -2.03. The van der Waals surface area contributed by atoms with Crippen LogP contribution < -0.4 is 5.32 Å². The van der Waals surface area contributed by atoms with Crippen molar-refractivity contribution in [3.05, 3.63) is 82.5 Å². The predicted molar refractivity (Wildman–Crippen MR) is 111 cm³/mol. The van der Waals surface area contributed by atoms with Gasteiger partial charge in [0.25, 0.3) is 5.91 Å². The fourth-order valence-corrected chi connectivity index (χ4v) is 3.46. The molecule has 140 valence electrons. The molecule has 0 spiro atoms. The molecular weight excluding hydrogens is 370 g/mol. The standard InChI is InChI=1S/C21H19N5OS/c1-14-8-10-17(11-9-14)19-18(20(27)22-21-24-23-15(2)28-21)13-26(25-19)12-16-6-4-3-5-7-16/h3-11,13H,12H2,1-2H3,(H,22,24,27). The summed E-state index contributed by atoms with van der Waals surface area (Å²) in [6.07, 6.45) is 1.78. The zero-order valence-corrected chi connectivity index (χ0v) is 16.4. The number of nitrogens with zero attached hydrogens (tertiary/aromatic N) is 4. The summed E-state index contributed by atoms with van der Waals surface area (Å²) in [4.78, 5) is 12.9. The van der Waals surface area contributed by atoms with Crippen molar-refractivity contribution in [1.29, 1.82) is 0 Å². The van der Waals surface area contributed by atoms with Gasteiger partial charge in [0.2, 0.25) is 5.13 Å². The third-order valence-electron chi connectivity index (χ3n) is 4.27. The second-order valence-electron chi connectivity index (χ2n) is 6.52. The smallest absolute Gasteiger partial charge is 0.261 e. The van der Waals surface area contributed by atoms with E-state index < -0.39 is 0 Å². The van der Waals surface area contributed by atoms with E-state index in [4.69, 9.17) is 5.10 Å². The summed E-state index contributed by atoms with van der Waals surface area (Å²) in [5.74, 6) is -0.244. The summed E-state index contributed by atoms with van der Waals surface area (Å²) in [5, 5.41) is 16.7.